The summed E-state index contributed by atoms with van der Waals surface area (Å²) < 4.78 is 2.28. The van der Waals surface area contributed by atoms with Gasteiger partial charge in [-0.25, -0.2) is 4.98 Å². The monoisotopic (exact) mass is 257 g/mol. The molecule has 102 valence electrons. The number of aromatic nitrogens is 2. The molecule has 0 spiro atoms. The van der Waals surface area contributed by atoms with Crippen LogP contribution in [0, 0.1) is 0 Å². The molecule has 0 saturated heterocycles. The van der Waals surface area contributed by atoms with Crippen LogP contribution in [0.25, 0.3) is 11.0 Å². The van der Waals surface area contributed by atoms with Gasteiger partial charge < -0.3 is 9.88 Å². The summed E-state index contributed by atoms with van der Waals surface area (Å²) in [6.45, 7) is 2.30. The zero-order chi connectivity index (χ0) is 12.9. The Kier molecular flexibility index (Phi) is 4.13. The van der Waals surface area contributed by atoms with Crippen molar-refractivity contribution >= 4 is 11.0 Å². The minimum Gasteiger partial charge on any atom is -0.331 e. The molecule has 0 atom stereocenters. The van der Waals surface area contributed by atoms with Crippen LogP contribution in [0.5, 0.6) is 0 Å². The van der Waals surface area contributed by atoms with E-state index in [4.69, 9.17) is 0 Å². The number of unbranched alkanes of at least 4 members (excludes halogenated alkanes) is 3. The van der Waals surface area contributed by atoms with Crippen molar-refractivity contribution in [3.8, 4) is 0 Å². The van der Waals surface area contributed by atoms with E-state index >= 15 is 0 Å². The summed E-state index contributed by atoms with van der Waals surface area (Å²) in [6.07, 6.45) is 10.00. The van der Waals surface area contributed by atoms with Crippen LogP contribution in [0.15, 0.2) is 30.6 Å². The van der Waals surface area contributed by atoms with E-state index in [-0.39, 0.29) is 0 Å². The zero-order valence-corrected chi connectivity index (χ0v) is 11.5. The average molecular weight is 257 g/mol. The fourth-order valence-electron chi connectivity index (χ4n) is 2.54. The number of fused-ring (bicyclic) bond motifs is 1. The van der Waals surface area contributed by atoms with Crippen LogP contribution in [-0.4, -0.2) is 22.1 Å². The molecule has 1 N–H and O–H groups in total. The van der Waals surface area contributed by atoms with Crippen LogP contribution in [0.1, 0.15) is 38.5 Å². The number of hydrogen-bond donors (Lipinski definition) is 1. The van der Waals surface area contributed by atoms with Crippen molar-refractivity contribution in [3.63, 3.8) is 0 Å². The Balaban J connectivity index is 1.35. The van der Waals surface area contributed by atoms with Gasteiger partial charge in [0.2, 0.25) is 0 Å². The molecule has 1 aliphatic carbocycles. The molecule has 1 aromatic carbocycles. The third-order valence-corrected chi connectivity index (χ3v) is 3.86. The van der Waals surface area contributed by atoms with Crippen LogP contribution in [0.4, 0.5) is 0 Å². The van der Waals surface area contributed by atoms with Crippen molar-refractivity contribution < 1.29 is 0 Å². The van der Waals surface area contributed by atoms with Crippen molar-refractivity contribution in [1.29, 1.82) is 0 Å². The van der Waals surface area contributed by atoms with Gasteiger partial charge in [0, 0.05) is 12.6 Å². The minimum atomic E-state index is 0.859. The molecule has 1 fully saturated rings. The maximum atomic E-state index is 4.43. The summed E-state index contributed by atoms with van der Waals surface area (Å²) in [6, 6.07) is 9.23. The van der Waals surface area contributed by atoms with Gasteiger partial charge in [0.15, 0.2) is 0 Å². The largest absolute Gasteiger partial charge is 0.331 e. The van der Waals surface area contributed by atoms with E-state index in [9.17, 15) is 0 Å². The van der Waals surface area contributed by atoms with Gasteiger partial charge in [0.05, 0.1) is 17.4 Å². The molecule has 0 aliphatic heterocycles. The summed E-state index contributed by atoms with van der Waals surface area (Å²) in [7, 11) is 0. The Morgan fingerprint density at radius 3 is 2.84 bits per heavy atom. The van der Waals surface area contributed by atoms with E-state index in [0.29, 0.717) is 0 Å². The number of rotatable bonds is 8. The molecule has 2 aromatic rings. The predicted molar refractivity (Wildman–Crippen MR) is 79.2 cm³/mol. The molecule has 1 aromatic heterocycles. The predicted octanol–water partition coefficient (Wildman–Crippen LogP) is 3.35. The second-order valence-corrected chi connectivity index (χ2v) is 5.57. The first-order valence-corrected chi connectivity index (χ1v) is 7.57. The molecule has 0 unspecified atom stereocenters. The maximum absolute atomic E-state index is 4.43. The lowest BCUT2D eigenvalue weighted by Gasteiger charge is -2.05. The van der Waals surface area contributed by atoms with Crippen LogP contribution in [-0.2, 0) is 6.54 Å². The summed E-state index contributed by atoms with van der Waals surface area (Å²) in [5, 5.41) is 3.57. The fraction of sp³-hybridized carbons (Fsp3) is 0.562. The van der Waals surface area contributed by atoms with E-state index in [2.05, 4.69) is 33.1 Å². The summed E-state index contributed by atoms with van der Waals surface area (Å²) >= 11 is 0. The third kappa shape index (κ3) is 3.57. The van der Waals surface area contributed by atoms with Crippen LogP contribution in [0.2, 0.25) is 0 Å². The molecule has 0 radical (unpaired) electrons. The minimum absolute atomic E-state index is 0.859. The molecular formula is C16H23N3. The van der Waals surface area contributed by atoms with Gasteiger partial charge in [0.1, 0.15) is 0 Å². The number of nitrogens with zero attached hydrogens (tertiary/aromatic N) is 2. The maximum Gasteiger partial charge on any atom is 0.0958 e. The lowest BCUT2D eigenvalue weighted by Crippen LogP contribution is -2.17. The summed E-state index contributed by atoms with van der Waals surface area (Å²) in [5.74, 6) is 0. The van der Waals surface area contributed by atoms with Crippen molar-refractivity contribution in [2.24, 2.45) is 0 Å². The Morgan fingerprint density at radius 1 is 1.11 bits per heavy atom. The van der Waals surface area contributed by atoms with Gasteiger partial charge >= 0.3 is 0 Å². The van der Waals surface area contributed by atoms with Gasteiger partial charge in [-0.1, -0.05) is 25.0 Å². The first kappa shape index (κ1) is 12.7. The van der Waals surface area contributed by atoms with E-state index in [1.807, 2.05) is 12.4 Å². The van der Waals surface area contributed by atoms with E-state index < -0.39 is 0 Å². The van der Waals surface area contributed by atoms with Crippen LogP contribution < -0.4 is 5.32 Å². The van der Waals surface area contributed by atoms with Crippen molar-refractivity contribution in [2.75, 3.05) is 6.54 Å². The molecule has 3 rings (SSSR count). The molecule has 19 heavy (non-hydrogen) atoms. The molecule has 3 heteroatoms. The highest BCUT2D eigenvalue weighted by Crippen LogP contribution is 2.18. The van der Waals surface area contributed by atoms with Crippen molar-refractivity contribution in [3.05, 3.63) is 30.6 Å². The lowest BCUT2D eigenvalue weighted by molar-refractivity contribution is 0.555. The number of benzene rings is 1. The van der Waals surface area contributed by atoms with Crippen molar-refractivity contribution in [2.45, 2.75) is 51.1 Å². The Bertz CT molecular complexity index is 513. The molecular weight excluding hydrogens is 234 g/mol. The van der Waals surface area contributed by atoms with E-state index in [1.54, 1.807) is 0 Å². The Hall–Kier alpha value is -1.35. The third-order valence-electron chi connectivity index (χ3n) is 3.86. The second-order valence-electron chi connectivity index (χ2n) is 5.57. The number of para-hydroxylation sites is 2. The number of nitrogens with one attached hydrogen (secondary N) is 1. The highest BCUT2D eigenvalue weighted by Gasteiger charge is 2.19. The standard InChI is InChI=1S/C16H23N3/c1(5-11-17-14-9-10-14)2-6-12-19-13-18-15-7-3-4-8-16(15)19/h3-4,7-8,13-14,17H,1-2,5-6,9-12H2. The first-order valence-electron chi connectivity index (χ1n) is 7.57. The smallest absolute Gasteiger partial charge is 0.0958 e. The molecule has 1 aliphatic rings. The lowest BCUT2D eigenvalue weighted by atomic mass is 10.2. The van der Waals surface area contributed by atoms with Gasteiger partial charge in [-0.15, -0.1) is 0 Å². The van der Waals surface area contributed by atoms with Gasteiger partial charge in [0.25, 0.3) is 0 Å². The van der Waals surface area contributed by atoms with Gasteiger partial charge in [-0.2, -0.15) is 0 Å². The molecule has 1 heterocycles. The average Bonchev–Trinajstić information content (AvgIpc) is 3.18. The Labute approximate surface area is 115 Å². The SMILES string of the molecule is c1ccc2c(c1)ncn2CCCCCCNC1CC1. The molecule has 3 nitrogen and oxygen atoms in total. The normalized spacial score (nSPS) is 15.2. The van der Waals surface area contributed by atoms with Crippen LogP contribution >= 0.6 is 0 Å². The fourth-order valence-corrected chi connectivity index (χ4v) is 2.54. The second kappa shape index (κ2) is 6.20. The summed E-state index contributed by atoms with van der Waals surface area (Å²) in [4.78, 5) is 4.43. The van der Waals surface area contributed by atoms with Gasteiger partial charge in [-0.3, -0.25) is 0 Å². The molecule has 1 saturated carbocycles. The summed E-state index contributed by atoms with van der Waals surface area (Å²) in [5.41, 5.74) is 2.37. The quantitative estimate of drug-likeness (QED) is 0.735. The Morgan fingerprint density at radius 2 is 1.95 bits per heavy atom. The van der Waals surface area contributed by atoms with E-state index in [1.165, 1.54) is 50.6 Å². The van der Waals surface area contributed by atoms with Crippen LogP contribution in [0.3, 0.4) is 0 Å². The highest BCUT2D eigenvalue weighted by atomic mass is 15.0. The number of imidazole rings is 1. The van der Waals surface area contributed by atoms with Gasteiger partial charge in [-0.05, 0) is 44.4 Å². The van der Waals surface area contributed by atoms with Crippen molar-refractivity contribution in [1.82, 2.24) is 14.9 Å². The highest BCUT2D eigenvalue weighted by molar-refractivity contribution is 5.74. The van der Waals surface area contributed by atoms with E-state index in [0.717, 1.165) is 18.1 Å². The first-order chi connectivity index (χ1) is 9.43. The molecule has 0 amide bonds. The number of aryl methyl sites for hydroxylation is 1. The zero-order valence-electron chi connectivity index (χ0n) is 11.5. The number of hydrogen-bond acceptors (Lipinski definition) is 2. The topological polar surface area (TPSA) is 29.9 Å². The molecule has 0 bridgehead atoms.